The largest absolute Gasteiger partial charge is 0.350 e. The van der Waals surface area contributed by atoms with Gasteiger partial charge in [0.25, 0.3) is 0 Å². The van der Waals surface area contributed by atoms with Crippen LogP contribution in [0.3, 0.4) is 0 Å². The average Bonchev–Trinajstić information content (AvgIpc) is 3.24. The topological polar surface area (TPSA) is 95.6 Å². The van der Waals surface area contributed by atoms with Gasteiger partial charge in [-0.1, -0.05) is 48.0 Å². The zero-order chi connectivity index (χ0) is 21.7. The zero-order valence-corrected chi connectivity index (χ0v) is 18.0. The lowest BCUT2D eigenvalue weighted by molar-refractivity contribution is -0.130. The van der Waals surface area contributed by atoms with Gasteiger partial charge in [0.2, 0.25) is 21.8 Å². The third-order valence-corrected chi connectivity index (χ3v) is 7.12. The molecule has 2 atom stereocenters. The van der Waals surface area contributed by atoms with Crippen LogP contribution in [0.1, 0.15) is 30.9 Å². The molecule has 8 heteroatoms. The highest BCUT2D eigenvalue weighted by Gasteiger charge is 2.40. The van der Waals surface area contributed by atoms with Gasteiger partial charge in [0.15, 0.2) is 0 Å². The van der Waals surface area contributed by atoms with Crippen molar-refractivity contribution in [1.82, 2.24) is 14.9 Å². The highest BCUT2D eigenvalue weighted by Crippen LogP contribution is 2.26. The molecule has 0 aliphatic carbocycles. The van der Waals surface area contributed by atoms with Crippen LogP contribution in [-0.2, 0) is 26.2 Å². The molecule has 3 rings (SSSR count). The molecule has 0 aromatic heterocycles. The smallest absolute Gasteiger partial charge is 0.243 e. The standard InChI is InChI=1S/C22H27N3O4S/c1-16-10-12-19(13-11-16)30(28,29)25-14-6-9-20(25)22(27)24-17(2)21(26)23-15-18-7-4-3-5-8-18/h3-5,7-8,10-13,17,20H,6,9,14-15H2,1-2H3,(H,23,26)(H,24,27)/t17?,20-/m0/s1. The van der Waals surface area contributed by atoms with Gasteiger partial charge in [-0.25, -0.2) is 8.42 Å². The van der Waals surface area contributed by atoms with Gasteiger partial charge in [0, 0.05) is 13.1 Å². The minimum absolute atomic E-state index is 0.168. The lowest BCUT2D eigenvalue weighted by atomic mass is 10.2. The van der Waals surface area contributed by atoms with Crippen LogP contribution in [0.25, 0.3) is 0 Å². The lowest BCUT2D eigenvalue weighted by Gasteiger charge is -2.25. The van der Waals surface area contributed by atoms with Crippen molar-refractivity contribution >= 4 is 21.8 Å². The van der Waals surface area contributed by atoms with E-state index in [2.05, 4.69) is 10.6 Å². The Hall–Kier alpha value is -2.71. The molecule has 30 heavy (non-hydrogen) atoms. The molecule has 0 radical (unpaired) electrons. The zero-order valence-electron chi connectivity index (χ0n) is 17.2. The van der Waals surface area contributed by atoms with Gasteiger partial charge in [0.05, 0.1) is 4.90 Å². The van der Waals surface area contributed by atoms with Crippen molar-refractivity contribution < 1.29 is 18.0 Å². The second-order valence-corrected chi connectivity index (χ2v) is 9.41. The predicted octanol–water partition coefficient (Wildman–Crippen LogP) is 1.97. The molecule has 1 aliphatic rings. The van der Waals surface area contributed by atoms with Gasteiger partial charge >= 0.3 is 0 Å². The molecule has 1 fully saturated rings. The van der Waals surface area contributed by atoms with Crippen LogP contribution < -0.4 is 10.6 Å². The first-order valence-corrected chi connectivity index (χ1v) is 11.4. The fraction of sp³-hybridized carbons (Fsp3) is 0.364. The number of aryl methyl sites for hydroxylation is 1. The third-order valence-electron chi connectivity index (χ3n) is 5.20. The summed E-state index contributed by atoms with van der Waals surface area (Å²) >= 11 is 0. The number of amides is 2. The Labute approximate surface area is 177 Å². The molecule has 2 amide bonds. The normalized spacial score (nSPS) is 18.0. The van der Waals surface area contributed by atoms with E-state index in [9.17, 15) is 18.0 Å². The van der Waals surface area contributed by atoms with Crippen molar-refractivity contribution in [1.29, 1.82) is 0 Å². The number of nitrogens with zero attached hydrogens (tertiary/aromatic N) is 1. The first-order valence-electron chi connectivity index (χ1n) is 9.99. The molecule has 160 valence electrons. The Morgan fingerprint density at radius 3 is 2.43 bits per heavy atom. The number of carbonyl (C=O) groups excluding carboxylic acids is 2. The first-order chi connectivity index (χ1) is 14.3. The molecule has 0 spiro atoms. The molecule has 2 aromatic rings. The van der Waals surface area contributed by atoms with Crippen molar-refractivity contribution in [2.24, 2.45) is 0 Å². The van der Waals surface area contributed by atoms with Crippen LogP contribution in [-0.4, -0.2) is 43.2 Å². The molecule has 7 nitrogen and oxygen atoms in total. The summed E-state index contributed by atoms with van der Waals surface area (Å²) in [7, 11) is -3.78. The molecular weight excluding hydrogens is 402 g/mol. The fourth-order valence-electron chi connectivity index (χ4n) is 3.45. The van der Waals surface area contributed by atoms with Crippen molar-refractivity contribution in [3.05, 3.63) is 65.7 Å². The van der Waals surface area contributed by atoms with Crippen LogP contribution in [0.4, 0.5) is 0 Å². The van der Waals surface area contributed by atoms with Crippen LogP contribution in [0.2, 0.25) is 0 Å². The average molecular weight is 430 g/mol. The Balaban J connectivity index is 1.62. The van der Waals surface area contributed by atoms with E-state index in [1.807, 2.05) is 37.3 Å². The maximum absolute atomic E-state index is 13.0. The maximum atomic E-state index is 13.0. The Morgan fingerprint density at radius 2 is 1.77 bits per heavy atom. The highest BCUT2D eigenvalue weighted by molar-refractivity contribution is 7.89. The summed E-state index contributed by atoms with van der Waals surface area (Å²) in [6, 6.07) is 14.4. The third kappa shape index (κ3) is 5.06. The van der Waals surface area contributed by atoms with Gasteiger partial charge in [-0.3, -0.25) is 9.59 Å². The first kappa shape index (κ1) is 22.0. The van der Waals surface area contributed by atoms with Gasteiger partial charge in [-0.05, 0) is 44.4 Å². The lowest BCUT2D eigenvalue weighted by Crippen LogP contribution is -2.51. The second kappa shape index (κ2) is 9.40. The second-order valence-electron chi connectivity index (χ2n) is 7.52. The van der Waals surface area contributed by atoms with Crippen molar-refractivity contribution in [2.45, 2.75) is 50.2 Å². The summed E-state index contributed by atoms with van der Waals surface area (Å²) < 4.78 is 27.3. The summed E-state index contributed by atoms with van der Waals surface area (Å²) in [5.41, 5.74) is 1.91. The van der Waals surface area contributed by atoms with E-state index in [1.54, 1.807) is 31.2 Å². The van der Waals surface area contributed by atoms with E-state index < -0.39 is 28.0 Å². The predicted molar refractivity (Wildman–Crippen MR) is 114 cm³/mol. The van der Waals surface area contributed by atoms with E-state index in [0.717, 1.165) is 11.1 Å². The van der Waals surface area contributed by atoms with Crippen LogP contribution in [0.5, 0.6) is 0 Å². The number of nitrogens with one attached hydrogen (secondary N) is 2. The number of sulfonamides is 1. The van der Waals surface area contributed by atoms with Crippen LogP contribution in [0, 0.1) is 6.92 Å². The molecule has 1 saturated heterocycles. The number of carbonyl (C=O) groups is 2. The summed E-state index contributed by atoms with van der Waals surface area (Å²) in [5.74, 6) is -0.774. The monoisotopic (exact) mass is 429 g/mol. The number of hydrogen-bond acceptors (Lipinski definition) is 4. The molecule has 2 aromatic carbocycles. The van der Waals surface area contributed by atoms with Gasteiger partial charge < -0.3 is 10.6 Å². The highest BCUT2D eigenvalue weighted by atomic mass is 32.2. The quantitative estimate of drug-likeness (QED) is 0.703. The van der Waals surface area contributed by atoms with E-state index in [4.69, 9.17) is 0 Å². The Kier molecular flexibility index (Phi) is 6.89. The van der Waals surface area contributed by atoms with Gasteiger partial charge in [0.1, 0.15) is 12.1 Å². The SMILES string of the molecule is Cc1ccc(S(=O)(=O)N2CCC[C@H]2C(=O)NC(C)C(=O)NCc2ccccc2)cc1. The van der Waals surface area contributed by atoms with E-state index in [1.165, 1.54) is 4.31 Å². The van der Waals surface area contributed by atoms with Crippen molar-refractivity contribution in [3.63, 3.8) is 0 Å². The molecular formula is C22H27N3O4S. The molecule has 1 heterocycles. The summed E-state index contributed by atoms with van der Waals surface area (Å²) in [4.78, 5) is 25.3. The van der Waals surface area contributed by atoms with Crippen molar-refractivity contribution in [2.75, 3.05) is 6.54 Å². The van der Waals surface area contributed by atoms with Crippen LogP contribution in [0.15, 0.2) is 59.5 Å². The molecule has 2 N–H and O–H groups in total. The minimum atomic E-state index is -3.78. The van der Waals surface area contributed by atoms with E-state index >= 15 is 0 Å². The Morgan fingerprint density at radius 1 is 1.10 bits per heavy atom. The minimum Gasteiger partial charge on any atom is -0.350 e. The van der Waals surface area contributed by atoms with E-state index in [-0.39, 0.29) is 17.3 Å². The van der Waals surface area contributed by atoms with Gasteiger partial charge in [-0.2, -0.15) is 4.31 Å². The summed E-state index contributed by atoms with van der Waals surface area (Å²) in [5, 5.41) is 5.45. The van der Waals surface area contributed by atoms with Crippen molar-refractivity contribution in [3.8, 4) is 0 Å². The molecule has 1 aliphatic heterocycles. The Bertz CT molecular complexity index is 991. The summed E-state index contributed by atoms with van der Waals surface area (Å²) in [6.45, 7) is 4.11. The molecule has 0 saturated carbocycles. The van der Waals surface area contributed by atoms with Crippen LogP contribution >= 0.6 is 0 Å². The maximum Gasteiger partial charge on any atom is 0.243 e. The fourth-order valence-corrected chi connectivity index (χ4v) is 5.11. The van der Waals surface area contributed by atoms with Gasteiger partial charge in [-0.15, -0.1) is 0 Å². The number of hydrogen-bond donors (Lipinski definition) is 2. The number of benzene rings is 2. The number of rotatable bonds is 7. The molecule has 1 unspecified atom stereocenters. The molecule has 0 bridgehead atoms. The summed E-state index contributed by atoms with van der Waals surface area (Å²) in [6.07, 6.45) is 1.02. The van der Waals surface area contributed by atoms with E-state index in [0.29, 0.717) is 19.4 Å².